The molecule has 1 saturated heterocycles. The summed E-state index contributed by atoms with van der Waals surface area (Å²) in [4.78, 5) is 19.0. The molecule has 6 heteroatoms. The van der Waals surface area contributed by atoms with Crippen molar-refractivity contribution in [1.29, 1.82) is 0 Å². The SMILES string of the molecule is CCN1CCC(c2nc(Cl)c3n2CCCC3C(=O)OC)C1. The van der Waals surface area contributed by atoms with E-state index < -0.39 is 0 Å². The van der Waals surface area contributed by atoms with E-state index in [2.05, 4.69) is 21.4 Å². The summed E-state index contributed by atoms with van der Waals surface area (Å²) in [6.45, 7) is 6.31. The van der Waals surface area contributed by atoms with Gasteiger partial charge in [0, 0.05) is 19.0 Å². The average molecular weight is 312 g/mol. The summed E-state index contributed by atoms with van der Waals surface area (Å²) in [6.07, 6.45) is 2.88. The topological polar surface area (TPSA) is 47.4 Å². The molecule has 1 aromatic rings. The maximum absolute atomic E-state index is 12.0. The fourth-order valence-corrected chi connectivity index (χ4v) is 3.94. The van der Waals surface area contributed by atoms with Crippen molar-refractivity contribution in [2.24, 2.45) is 0 Å². The van der Waals surface area contributed by atoms with Gasteiger partial charge in [-0.1, -0.05) is 18.5 Å². The molecule has 1 aromatic heterocycles. The van der Waals surface area contributed by atoms with Crippen LogP contribution in [0.25, 0.3) is 0 Å². The lowest BCUT2D eigenvalue weighted by molar-refractivity contribution is -0.143. The molecule has 2 aliphatic rings. The fraction of sp³-hybridized carbons (Fsp3) is 0.733. The smallest absolute Gasteiger partial charge is 0.314 e. The molecule has 0 aliphatic carbocycles. The number of hydrogen-bond acceptors (Lipinski definition) is 4. The molecule has 0 bridgehead atoms. The van der Waals surface area contributed by atoms with Crippen LogP contribution in [-0.2, 0) is 16.1 Å². The van der Waals surface area contributed by atoms with Crippen molar-refractivity contribution in [3.63, 3.8) is 0 Å². The van der Waals surface area contributed by atoms with Crippen LogP contribution in [0.4, 0.5) is 0 Å². The number of likely N-dealkylation sites (tertiary alicyclic amines) is 1. The van der Waals surface area contributed by atoms with Crippen LogP contribution < -0.4 is 0 Å². The normalized spacial score (nSPS) is 25.9. The standard InChI is InChI=1S/C15H22ClN3O2/c1-3-18-8-6-10(9-18)14-17-13(16)12-11(15(20)21-2)5-4-7-19(12)14/h10-11H,3-9H2,1-2H3. The summed E-state index contributed by atoms with van der Waals surface area (Å²) in [5.74, 6) is 1.01. The van der Waals surface area contributed by atoms with Gasteiger partial charge in [0.05, 0.1) is 12.8 Å². The van der Waals surface area contributed by atoms with E-state index in [9.17, 15) is 4.79 Å². The molecule has 0 spiro atoms. The zero-order valence-corrected chi connectivity index (χ0v) is 13.4. The number of fused-ring (bicyclic) bond motifs is 1. The zero-order valence-electron chi connectivity index (χ0n) is 12.6. The minimum atomic E-state index is -0.263. The van der Waals surface area contributed by atoms with Crippen LogP contribution in [0.5, 0.6) is 0 Å². The Morgan fingerprint density at radius 2 is 2.24 bits per heavy atom. The van der Waals surface area contributed by atoms with Gasteiger partial charge in [-0.3, -0.25) is 4.79 Å². The number of imidazole rings is 1. The maximum Gasteiger partial charge on any atom is 0.314 e. The number of hydrogen-bond donors (Lipinski definition) is 0. The van der Waals surface area contributed by atoms with Gasteiger partial charge in [-0.05, 0) is 32.4 Å². The Bertz CT molecular complexity index is 543. The number of methoxy groups -OCH3 is 1. The van der Waals surface area contributed by atoms with Crippen molar-refractivity contribution in [2.75, 3.05) is 26.7 Å². The minimum absolute atomic E-state index is 0.203. The molecule has 1 fully saturated rings. The summed E-state index contributed by atoms with van der Waals surface area (Å²) in [5.41, 5.74) is 0.861. The first kappa shape index (κ1) is 14.9. The Morgan fingerprint density at radius 1 is 1.43 bits per heavy atom. The monoisotopic (exact) mass is 311 g/mol. The number of esters is 1. The molecule has 2 unspecified atom stereocenters. The molecular formula is C15H22ClN3O2. The largest absolute Gasteiger partial charge is 0.469 e. The van der Waals surface area contributed by atoms with E-state index in [4.69, 9.17) is 16.3 Å². The highest BCUT2D eigenvalue weighted by Crippen LogP contribution is 2.38. The van der Waals surface area contributed by atoms with Crippen LogP contribution in [0, 0.1) is 0 Å². The highest BCUT2D eigenvalue weighted by molar-refractivity contribution is 6.30. The van der Waals surface area contributed by atoms with E-state index in [-0.39, 0.29) is 11.9 Å². The van der Waals surface area contributed by atoms with Gasteiger partial charge in [0.25, 0.3) is 0 Å². The predicted molar refractivity (Wildman–Crippen MR) is 80.7 cm³/mol. The Labute approximate surface area is 130 Å². The van der Waals surface area contributed by atoms with E-state index >= 15 is 0 Å². The van der Waals surface area contributed by atoms with Crippen molar-refractivity contribution in [3.05, 3.63) is 16.7 Å². The summed E-state index contributed by atoms with van der Waals surface area (Å²) < 4.78 is 7.10. The molecule has 0 N–H and O–H groups in total. The molecule has 2 atom stereocenters. The Morgan fingerprint density at radius 3 is 2.90 bits per heavy atom. The molecule has 0 amide bonds. The van der Waals surface area contributed by atoms with Gasteiger partial charge in [0.15, 0.2) is 5.15 Å². The third-order valence-corrected chi connectivity index (χ3v) is 5.04. The fourth-order valence-electron chi connectivity index (χ4n) is 3.62. The second-order valence-corrected chi connectivity index (χ2v) is 6.25. The third-order valence-electron chi connectivity index (χ3n) is 4.77. The highest BCUT2D eigenvalue weighted by atomic mass is 35.5. The molecule has 116 valence electrons. The number of halogens is 1. The summed E-state index contributed by atoms with van der Waals surface area (Å²) >= 11 is 6.35. The first-order chi connectivity index (χ1) is 10.2. The molecule has 0 aromatic carbocycles. The molecular weight excluding hydrogens is 290 g/mol. The molecule has 0 radical (unpaired) electrons. The predicted octanol–water partition coefficient (Wildman–Crippen LogP) is 2.40. The Balaban J connectivity index is 1.93. The lowest BCUT2D eigenvalue weighted by Crippen LogP contribution is -2.25. The van der Waals surface area contributed by atoms with Crippen molar-refractivity contribution >= 4 is 17.6 Å². The van der Waals surface area contributed by atoms with Gasteiger partial charge in [0.1, 0.15) is 11.7 Å². The van der Waals surface area contributed by atoms with E-state index in [1.165, 1.54) is 7.11 Å². The van der Waals surface area contributed by atoms with E-state index in [0.717, 1.165) is 57.0 Å². The molecule has 5 nitrogen and oxygen atoms in total. The Hall–Kier alpha value is -1.07. The van der Waals surface area contributed by atoms with Gasteiger partial charge in [0.2, 0.25) is 0 Å². The van der Waals surface area contributed by atoms with Gasteiger partial charge < -0.3 is 14.2 Å². The Kier molecular flexibility index (Phi) is 4.22. The average Bonchev–Trinajstić information content (AvgIpc) is 3.11. The number of aromatic nitrogens is 2. The van der Waals surface area contributed by atoms with Crippen LogP contribution in [0.1, 0.15) is 49.5 Å². The summed E-state index contributed by atoms with van der Waals surface area (Å²) in [7, 11) is 1.43. The molecule has 3 rings (SSSR count). The molecule has 21 heavy (non-hydrogen) atoms. The lowest BCUT2D eigenvalue weighted by Gasteiger charge is -2.25. The number of ether oxygens (including phenoxy) is 1. The summed E-state index contributed by atoms with van der Waals surface area (Å²) in [5, 5.41) is 0.482. The highest BCUT2D eigenvalue weighted by Gasteiger charge is 2.36. The van der Waals surface area contributed by atoms with Crippen LogP contribution in [0.15, 0.2) is 0 Å². The van der Waals surface area contributed by atoms with Gasteiger partial charge in [-0.25, -0.2) is 4.98 Å². The van der Waals surface area contributed by atoms with Crippen LogP contribution in [-0.4, -0.2) is 47.2 Å². The first-order valence-electron chi connectivity index (χ1n) is 7.71. The van der Waals surface area contributed by atoms with Crippen molar-refractivity contribution in [1.82, 2.24) is 14.5 Å². The minimum Gasteiger partial charge on any atom is -0.469 e. The number of rotatable bonds is 3. The van der Waals surface area contributed by atoms with Gasteiger partial charge in [-0.2, -0.15) is 0 Å². The van der Waals surface area contributed by atoms with Gasteiger partial charge >= 0.3 is 5.97 Å². The molecule has 3 heterocycles. The van der Waals surface area contributed by atoms with Crippen molar-refractivity contribution < 1.29 is 9.53 Å². The van der Waals surface area contributed by atoms with E-state index in [1.807, 2.05) is 0 Å². The van der Waals surface area contributed by atoms with E-state index in [1.54, 1.807) is 0 Å². The first-order valence-corrected chi connectivity index (χ1v) is 8.09. The number of likely N-dealkylation sites (N-methyl/N-ethyl adjacent to an activating group) is 1. The van der Waals surface area contributed by atoms with Crippen LogP contribution >= 0.6 is 11.6 Å². The second kappa shape index (κ2) is 5.97. The number of carbonyl (C=O) groups excluding carboxylic acids is 1. The number of carbonyl (C=O) groups is 1. The zero-order chi connectivity index (χ0) is 15.0. The number of nitrogens with zero attached hydrogens (tertiary/aromatic N) is 3. The summed E-state index contributed by atoms with van der Waals surface area (Å²) in [6, 6.07) is 0. The van der Waals surface area contributed by atoms with Crippen LogP contribution in [0.2, 0.25) is 5.15 Å². The maximum atomic E-state index is 12.0. The van der Waals surface area contributed by atoms with E-state index in [0.29, 0.717) is 11.1 Å². The quantitative estimate of drug-likeness (QED) is 0.804. The van der Waals surface area contributed by atoms with Gasteiger partial charge in [-0.15, -0.1) is 0 Å². The third kappa shape index (κ3) is 2.57. The van der Waals surface area contributed by atoms with Crippen LogP contribution in [0.3, 0.4) is 0 Å². The molecule has 2 aliphatic heterocycles. The second-order valence-electron chi connectivity index (χ2n) is 5.89. The lowest BCUT2D eigenvalue weighted by atomic mass is 9.96. The van der Waals surface area contributed by atoms with Crippen molar-refractivity contribution in [2.45, 2.75) is 44.6 Å². The molecule has 0 saturated carbocycles. The van der Waals surface area contributed by atoms with Crippen molar-refractivity contribution in [3.8, 4) is 0 Å².